The van der Waals surface area contributed by atoms with Gasteiger partial charge in [0, 0.05) is 12.6 Å². The van der Waals surface area contributed by atoms with Crippen LogP contribution >= 0.6 is 0 Å². The monoisotopic (exact) mass is 227 g/mol. The van der Waals surface area contributed by atoms with Crippen molar-refractivity contribution in [3.05, 3.63) is 29.6 Å². The van der Waals surface area contributed by atoms with Crippen LogP contribution in [0.5, 0.6) is 0 Å². The molecule has 0 aliphatic rings. The third-order valence-corrected chi connectivity index (χ3v) is 2.05. The number of aromatic nitrogens is 2. The van der Waals surface area contributed by atoms with E-state index in [2.05, 4.69) is 9.97 Å². The minimum atomic E-state index is -0.684. The van der Waals surface area contributed by atoms with E-state index in [1.165, 1.54) is 6.07 Å². The zero-order valence-corrected chi connectivity index (χ0v) is 8.46. The molecule has 1 aromatic heterocycles. The number of fused-ring (bicyclic) bond motifs is 1. The summed E-state index contributed by atoms with van der Waals surface area (Å²) in [7, 11) is 0. The molecule has 6 heteroatoms. The number of rotatable bonds is 4. The van der Waals surface area contributed by atoms with Gasteiger partial charge in [-0.15, -0.1) is 0 Å². The molecule has 0 saturated heterocycles. The molecule has 2 aromatic rings. The molecule has 4 nitrogen and oxygen atoms in total. The minimum absolute atomic E-state index is 0.118. The fraction of sp³-hybridized carbons (Fsp3) is 0.300. The number of halogens is 2. The molecule has 0 aliphatic carbocycles. The first-order valence-corrected chi connectivity index (χ1v) is 4.82. The van der Waals surface area contributed by atoms with Gasteiger partial charge >= 0.3 is 0 Å². The standard InChI is InChI=1S/C10H11F2N3O/c11-6-3-7(12)10-8(4-6)14-9(15-10)5-16-2-1-13/h3-4H,1-2,5,13H2,(H,14,15). The lowest BCUT2D eigenvalue weighted by atomic mass is 10.3. The molecule has 0 atom stereocenters. The van der Waals surface area contributed by atoms with E-state index in [9.17, 15) is 8.78 Å². The molecule has 86 valence electrons. The highest BCUT2D eigenvalue weighted by Gasteiger charge is 2.09. The molecule has 0 radical (unpaired) electrons. The van der Waals surface area contributed by atoms with Crippen LogP contribution < -0.4 is 5.73 Å². The van der Waals surface area contributed by atoms with Crippen molar-refractivity contribution in [3.8, 4) is 0 Å². The molecule has 0 amide bonds. The van der Waals surface area contributed by atoms with Crippen LogP contribution in [0.3, 0.4) is 0 Å². The smallest absolute Gasteiger partial charge is 0.153 e. The molecule has 0 unspecified atom stereocenters. The Kier molecular flexibility index (Phi) is 3.12. The summed E-state index contributed by atoms with van der Waals surface area (Å²) in [6.45, 7) is 1.00. The first-order valence-electron chi connectivity index (χ1n) is 4.82. The zero-order chi connectivity index (χ0) is 11.5. The molecule has 0 spiro atoms. The van der Waals surface area contributed by atoms with Crippen molar-refractivity contribution >= 4 is 11.0 Å². The second kappa shape index (κ2) is 4.54. The SMILES string of the molecule is NCCOCc1nc2c(F)cc(F)cc2[nH]1. The summed E-state index contributed by atoms with van der Waals surface area (Å²) in [4.78, 5) is 6.74. The van der Waals surface area contributed by atoms with Crippen molar-refractivity contribution in [1.82, 2.24) is 9.97 Å². The number of hydrogen-bond acceptors (Lipinski definition) is 3. The Labute approximate surface area is 90.4 Å². The maximum atomic E-state index is 13.3. The number of benzene rings is 1. The quantitative estimate of drug-likeness (QED) is 0.774. The van der Waals surface area contributed by atoms with E-state index >= 15 is 0 Å². The molecule has 2 rings (SSSR count). The van der Waals surface area contributed by atoms with Crippen LogP contribution in [0.15, 0.2) is 12.1 Å². The van der Waals surface area contributed by atoms with Crippen molar-refractivity contribution < 1.29 is 13.5 Å². The average Bonchev–Trinajstić information content (AvgIpc) is 2.61. The number of hydrogen-bond donors (Lipinski definition) is 2. The third kappa shape index (κ3) is 2.17. The van der Waals surface area contributed by atoms with E-state index in [0.29, 0.717) is 24.5 Å². The van der Waals surface area contributed by atoms with Crippen molar-refractivity contribution in [2.45, 2.75) is 6.61 Å². The molecular weight excluding hydrogens is 216 g/mol. The normalized spacial score (nSPS) is 11.2. The van der Waals surface area contributed by atoms with E-state index in [1.54, 1.807) is 0 Å². The number of H-pyrrole nitrogens is 1. The Morgan fingerprint density at radius 1 is 1.38 bits per heavy atom. The Morgan fingerprint density at radius 3 is 2.94 bits per heavy atom. The average molecular weight is 227 g/mol. The van der Waals surface area contributed by atoms with Gasteiger partial charge in [0.25, 0.3) is 0 Å². The van der Waals surface area contributed by atoms with Gasteiger partial charge in [-0.3, -0.25) is 0 Å². The van der Waals surface area contributed by atoms with Gasteiger partial charge in [-0.05, 0) is 6.07 Å². The molecular formula is C10H11F2N3O. The fourth-order valence-electron chi connectivity index (χ4n) is 1.41. The van der Waals surface area contributed by atoms with Gasteiger partial charge in [0.15, 0.2) is 5.82 Å². The topological polar surface area (TPSA) is 63.9 Å². The lowest BCUT2D eigenvalue weighted by molar-refractivity contribution is 0.123. The van der Waals surface area contributed by atoms with Crippen molar-refractivity contribution in [3.63, 3.8) is 0 Å². The van der Waals surface area contributed by atoms with E-state index in [-0.39, 0.29) is 12.1 Å². The number of nitrogens with zero attached hydrogens (tertiary/aromatic N) is 1. The van der Waals surface area contributed by atoms with Crippen LogP contribution in [0.25, 0.3) is 11.0 Å². The lowest BCUT2D eigenvalue weighted by Crippen LogP contribution is -2.08. The maximum absolute atomic E-state index is 13.3. The predicted molar refractivity (Wildman–Crippen MR) is 54.7 cm³/mol. The Balaban J connectivity index is 2.26. The van der Waals surface area contributed by atoms with Crippen molar-refractivity contribution in [2.24, 2.45) is 5.73 Å². The molecule has 0 saturated carbocycles. The van der Waals surface area contributed by atoms with E-state index in [1.807, 2.05) is 0 Å². The maximum Gasteiger partial charge on any atom is 0.153 e. The predicted octanol–water partition coefficient (Wildman–Crippen LogP) is 1.32. The third-order valence-electron chi connectivity index (χ3n) is 2.05. The van der Waals surface area contributed by atoms with Crippen molar-refractivity contribution in [2.75, 3.05) is 13.2 Å². The van der Waals surface area contributed by atoms with Crippen LogP contribution in [0.1, 0.15) is 5.82 Å². The van der Waals surface area contributed by atoms with E-state index in [0.717, 1.165) is 6.07 Å². The van der Waals surface area contributed by atoms with Gasteiger partial charge < -0.3 is 15.5 Å². The first kappa shape index (κ1) is 11.0. The largest absolute Gasteiger partial charge is 0.372 e. The molecule has 0 aliphatic heterocycles. The second-order valence-electron chi connectivity index (χ2n) is 3.31. The summed E-state index contributed by atoms with van der Waals surface area (Å²) in [5.41, 5.74) is 5.69. The Bertz CT molecular complexity index is 498. The number of imidazole rings is 1. The number of nitrogens with two attached hydrogens (primary N) is 1. The summed E-state index contributed by atoms with van der Waals surface area (Å²) in [5.74, 6) is -0.868. The zero-order valence-electron chi connectivity index (χ0n) is 8.46. The van der Waals surface area contributed by atoms with Crippen LogP contribution in [-0.4, -0.2) is 23.1 Å². The van der Waals surface area contributed by atoms with Crippen LogP contribution in [0.4, 0.5) is 8.78 Å². The lowest BCUT2D eigenvalue weighted by Gasteiger charge is -1.97. The summed E-state index contributed by atoms with van der Waals surface area (Å²) in [6.07, 6.45) is 0. The highest BCUT2D eigenvalue weighted by Crippen LogP contribution is 2.17. The minimum Gasteiger partial charge on any atom is -0.372 e. The number of nitrogens with one attached hydrogen (secondary N) is 1. The number of ether oxygens (including phenoxy) is 1. The Morgan fingerprint density at radius 2 is 2.19 bits per heavy atom. The van der Waals surface area contributed by atoms with Gasteiger partial charge in [0.2, 0.25) is 0 Å². The second-order valence-corrected chi connectivity index (χ2v) is 3.31. The van der Waals surface area contributed by atoms with Gasteiger partial charge in [-0.2, -0.15) is 0 Å². The first-order chi connectivity index (χ1) is 7.70. The van der Waals surface area contributed by atoms with Gasteiger partial charge in [-0.1, -0.05) is 0 Å². The van der Waals surface area contributed by atoms with Crippen LogP contribution in [0.2, 0.25) is 0 Å². The van der Waals surface area contributed by atoms with Gasteiger partial charge in [0.05, 0.1) is 12.1 Å². The fourth-order valence-corrected chi connectivity index (χ4v) is 1.41. The van der Waals surface area contributed by atoms with Crippen LogP contribution in [0, 0.1) is 11.6 Å². The highest BCUT2D eigenvalue weighted by atomic mass is 19.1. The van der Waals surface area contributed by atoms with Crippen molar-refractivity contribution in [1.29, 1.82) is 0 Å². The number of aromatic amines is 1. The summed E-state index contributed by atoms with van der Waals surface area (Å²) in [6, 6.07) is 1.99. The summed E-state index contributed by atoms with van der Waals surface area (Å²) in [5, 5.41) is 0. The molecule has 1 aromatic carbocycles. The molecule has 0 fully saturated rings. The molecule has 1 heterocycles. The van der Waals surface area contributed by atoms with E-state index < -0.39 is 11.6 Å². The van der Waals surface area contributed by atoms with Gasteiger partial charge in [-0.25, -0.2) is 13.8 Å². The molecule has 16 heavy (non-hydrogen) atoms. The molecule has 3 N–H and O–H groups in total. The highest BCUT2D eigenvalue weighted by molar-refractivity contribution is 5.75. The Hall–Kier alpha value is -1.53. The van der Waals surface area contributed by atoms with Gasteiger partial charge in [0.1, 0.15) is 23.8 Å². The van der Waals surface area contributed by atoms with E-state index in [4.69, 9.17) is 10.5 Å². The summed E-state index contributed by atoms with van der Waals surface area (Å²) < 4.78 is 31.3. The molecule has 0 bridgehead atoms. The summed E-state index contributed by atoms with van der Waals surface area (Å²) >= 11 is 0. The van der Waals surface area contributed by atoms with Crippen LogP contribution in [-0.2, 0) is 11.3 Å².